The summed E-state index contributed by atoms with van der Waals surface area (Å²) in [6.45, 7) is 0.0293. The molecule has 1 aromatic carbocycles. The predicted molar refractivity (Wildman–Crippen MR) is 79.2 cm³/mol. The zero-order valence-corrected chi connectivity index (χ0v) is 13.0. The first kappa shape index (κ1) is 17.4. The Kier molecular flexibility index (Phi) is 5.00. The van der Waals surface area contributed by atoms with Gasteiger partial charge in [-0.15, -0.1) is 0 Å². The second-order valence-electron chi connectivity index (χ2n) is 5.58. The van der Waals surface area contributed by atoms with Gasteiger partial charge in [-0.05, 0) is 6.07 Å². The molecule has 1 fully saturated rings. The van der Waals surface area contributed by atoms with Crippen molar-refractivity contribution in [3.63, 3.8) is 0 Å². The lowest BCUT2D eigenvalue weighted by Crippen LogP contribution is -2.33. The van der Waals surface area contributed by atoms with E-state index in [1.54, 1.807) is 6.07 Å². The minimum absolute atomic E-state index is 0.0293. The third-order valence-electron chi connectivity index (χ3n) is 3.71. The van der Waals surface area contributed by atoms with Gasteiger partial charge in [-0.25, -0.2) is 17.9 Å². The van der Waals surface area contributed by atoms with E-state index in [1.807, 2.05) is 0 Å². The SMILES string of the molecule is NS(=O)(=O)CC1CC(=O)N(C(CC(=O)O)c2ccccc2F)C1. The number of hydrogen-bond donors (Lipinski definition) is 2. The molecule has 1 saturated heterocycles. The van der Waals surface area contributed by atoms with Crippen molar-refractivity contribution in [1.82, 2.24) is 4.90 Å². The summed E-state index contributed by atoms with van der Waals surface area (Å²) >= 11 is 0. The van der Waals surface area contributed by atoms with Crippen molar-refractivity contribution in [2.75, 3.05) is 12.3 Å². The zero-order chi connectivity index (χ0) is 17.2. The number of carbonyl (C=O) groups excluding carboxylic acids is 1. The van der Waals surface area contributed by atoms with Crippen LogP contribution in [0.25, 0.3) is 0 Å². The minimum atomic E-state index is -3.75. The Balaban J connectivity index is 2.28. The van der Waals surface area contributed by atoms with E-state index in [0.29, 0.717) is 0 Å². The second-order valence-corrected chi connectivity index (χ2v) is 7.24. The molecule has 0 bridgehead atoms. The Hall–Kier alpha value is -2.00. The summed E-state index contributed by atoms with van der Waals surface area (Å²) in [5, 5.41) is 14.0. The molecule has 0 radical (unpaired) electrons. The molecular weight excluding hydrogens is 327 g/mol. The molecule has 7 nitrogen and oxygen atoms in total. The maximum atomic E-state index is 14.0. The van der Waals surface area contributed by atoms with Crippen LogP contribution in [0.1, 0.15) is 24.4 Å². The van der Waals surface area contributed by atoms with Gasteiger partial charge in [0.2, 0.25) is 15.9 Å². The molecule has 2 rings (SSSR count). The van der Waals surface area contributed by atoms with Crippen LogP contribution in [0.4, 0.5) is 4.39 Å². The number of aliphatic carboxylic acids is 1. The Labute approximate surface area is 132 Å². The fourth-order valence-corrected chi connectivity index (χ4v) is 3.73. The third-order valence-corrected chi connectivity index (χ3v) is 4.65. The van der Waals surface area contributed by atoms with Crippen LogP contribution in [0.3, 0.4) is 0 Å². The number of rotatable bonds is 6. The van der Waals surface area contributed by atoms with E-state index in [1.165, 1.54) is 23.1 Å². The van der Waals surface area contributed by atoms with Crippen LogP contribution >= 0.6 is 0 Å². The zero-order valence-electron chi connectivity index (χ0n) is 12.2. The summed E-state index contributed by atoms with van der Waals surface area (Å²) in [5.41, 5.74) is 0.0968. The average molecular weight is 344 g/mol. The number of likely N-dealkylation sites (tertiary alicyclic amines) is 1. The van der Waals surface area contributed by atoms with Crippen molar-refractivity contribution < 1.29 is 27.5 Å². The second kappa shape index (κ2) is 6.63. The normalized spacial score (nSPS) is 19.8. The van der Waals surface area contributed by atoms with Gasteiger partial charge in [-0.2, -0.15) is 0 Å². The van der Waals surface area contributed by atoms with Gasteiger partial charge in [-0.1, -0.05) is 18.2 Å². The predicted octanol–water partition coefficient (Wildman–Crippen LogP) is 0.479. The van der Waals surface area contributed by atoms with Gasteiger partial charge in [0.25, 0.3) is 0 Å². The van der Waals surface area contributed by atoms with Crippen molar-refractivity contribution >= 4 is 21.9 Å². The van der Waals surface area contributed by atoms with Gasteiger partial charge in [0.1, 0.15) is 5.82 Å². The maximum absolute atomic E-state index is 14.0. The van der Waals surface area contributed by atoms with Gasteiger partial charge in [0.05, 0.1) is 18.2 Å². The van der Waals surface area contributed by atoms with Gasteiger partial charge in [0.15, 0.2) is 0 Å². The molecular formula is C14H17FN2O5S. The topological polar surface area (TPSA) is 118 Å². The molecule has 126 valence electrons. The monoisotopic (exact) mass is 344 g/mol. The molecule has 0 spiro atoms. The number of carbonyl (C=O) groups is 2. The molecule has 1 heterocycles. The quantitative estimate of drug-likeness (QED) is 0.778. The number of hydrogen-bond acceptors (Lipinski definition) is 4. The van der Waals surface area contributed by atoms with Gasteiger partial charge in [0, 0.05) is 24.4 Å². The lowest BCUT2D eigenvalue weighted by atomic mass is 10.0. The number of nitrogens with zero attached hydrogens (tertiary/aromatic N) is 1. The lowest BCUT2D eigenvalue weighted by Gasteiger charge is -2.27. The Morgan fingerprint density at radius 2 is 2.09 bits per heavy atom. The molecule has 2 atom stereocenters. The molecule has 23 heavy (non-hydrogen) atoms. The van der Waals surface area contributed by atoms with Gasteiger partial charge in [-0.3, -0.25) is 9.59 Å². The van der Waals surface area contributed by atoms with Crippen LogP contribution in [0.15, 0.2) is 24.3 Å². The van der Waals surface area contributed by atoms with E-state index < -0.39 is 46.1 Å². The number of benzene rings is 1. The first-order chi connectivity index (χ1) is 10.7. The first-order valence-corrected chi connectivity index (χ1v) is 8.65. The lowest BCUT2D eigenvalue weighted by molar-refractivity contribution is -0.139. The number of carboxylic acids is 1. The summed E-state index contributed by atoms with van der Waals surface area (Å²) in [7, 11) is -3.75. The van der Waals surface area contributed by atoms with Crippen LogP contribution in [-0.2, 0) is 19.6 Å². The van der Waals surface area contributed by atoms with E-state index in [2.05, 4.69) is 0 Å². The molecule has 9 heteroatoms. The van der Waals surface area contributed by atoms with Gasteiger partial charge < -0.3 is 10.0 Å². The highest BCUT2D eigenvalue weighted by Crippen LogP contribution is 2.32. The van der Waals surface area contributed by atoms with Crippen LogP contribution in [-0.4, -0.2) is 42.6 Å². The van der Waals surface area contributed by atoms with Crippen LogP contribution in [0.2, 0.25) is 0 Å². The number of sulfonamides is 1. The molecule has 1 aliphatic rings. The Bertz CT molecular complexity index is 722. The van der Waals surface area contributed by atoms with E-state index in [4.69, 9.17) is 10.2 Å². The highest BCUT2D eigenvalue weighted by molar-refractivity contribution is 7.89. The number of amides is 1. The van der Waals surface area contributed by atoms with Crippen molar-refractivity contribution in [3.05, 3.63) is 35.6 Å². The summed E-state index contributed by atoms with van der Waals surface area (Å²) in [4.78, 5) is 24.5. The fourth-order valence-electron chi connectivity index (χ4n) is 2.85. The van der Waals surface area contributed by atoms with Gasteiger partial charge >= 0.3 is 5.97 Å². The van der Waals surface area contributed by atoms with Crippen LogP contribution in [0.5, 0.6) is 0 Å². The summed E-state index contributed by atoms with van der Waals surface area (Å²) in [6.07, 6.45) is -0.518. The number of carboxylic acid groups (broad SMARTS) is 1. The van der Waals surface area contributed by atoms with E-state index in [0.717, 1.165) is 0 Å². The van der Waals surface area contributed by atoms with E-state index in [-0.39, 0.29) is 24.3 Å². The fraction of sp³-hybridized carbons (Fsp3) is 0.429. The molecule has 0 aromatic heterocycles. The van der Waals surface area contributed by atoms with Crippen molar-refractivity contribution in [2.45, 2.75) is 18.9 Å². The summed E-state index contributed by atoms with van der Waals surface area (Å²) < 4.78 is 36.3. The Morgan fingerprint density at radius 1 is 1.43 bits per heavy atom. The van der Waals surface area contributed by atoms with Crippen LogP contribution in [0, 0.1) is 11.7 Å². The number of nitrogens with two attached hydrogens (primary N) is 1. The van der Waals surface area contributed by atoms with E-state index >= 15 is 0 Å². The molecule has 1 amide bonds. The van der Waals surface area contributed by atoms with Crippen LogP contribution < -0.4 is 5.14 Å². The molecule has 0 saturated carbocycles. The summed E-state index contributed by atoms with van der Waals surface area (Å²) in [6, 6.07) is 4.64. The Morgan fingerprint density at radius 3 is 2.65 bits per heavy atom. The molecule has 1 aromatic rings. The van der Waals surface area contributed by atoms with Crippen molar-refractivity contribution in [2.24, 2.45) is 11.1 Å². The van der Waals surface area contributed by atoms with E-state index in [9.17, 15) is 22.4 Å². The van der Waals surface area contributed by atoms with Crippen molar-refractivity contribution in [1.29, 1.82) is 0 Å². The van der Waals surface area contributed by atoms with Crippen molar-refractivity contribution in [3.8, 4) is 0 Å². The maximum Gasteiger partial charge on any atom is 0.305 e. The first-order valence-electron chi connectivity index (χ1n) is 6.93. The molecule has 0 aliphatic carbocycles. The summed E-state index contributed by atoms with van der Waals surface area (Å²) in [5.74, 6) is -3.09. The third kappa shape index (κ3) is 4.49. The minimum Gasteiger partial charge on any atom is -0.481 e. The highest BCUT2D eigenvalue weighted by Gasteiger charge is 2.38. The molecule has 1 aliphatic heterocycles. The average Bonchev–Trinajstić information content (AvgIpc) is 2.75. The molecule has 3 N–H and O–H groups in total. The molecule has 2 unspecified atom stereocenters. The highest BCUT2D eigenvalue weighted by atomic mass is 32.2. The standard InChI is InChI=1S/C14H17FN2O5S/c15-11-4-2-1-3-10(11)12(6-14(19)20)17-7-9(5-13(17)18)8-23(16,21)22/h1-4,9,12H,5-8H2,(H,19,20)(H2,16,21,22). The largest absolute Gasteiger partial charge is 0.481 e. The number of primary sulfonamides is 1. The number of halogens is 1. The smallest absolute Gasteiger partial charge is 0.305 e.